The number of anilines is 2. The second-order valence-corrected chi connectivity index (χ2v) is 4.37. The van der Waals surface area contributed by atoms with Crippen molar-refractivity contribution in [1.29, 1.82) is 0 Å². The number of rotatable bonds is 4. The average molecular weight is 262 g/mol. The second kappa shape index (κ2) is 5.55. The summed E-state index contributed by atoms with van der Waals surface area (Å²) >= 11 is 1.48. The van der Waals surface area contributed by atoms with Crippen LogP contribution in [0.5, 0.6) is 5.75 Å². The summed E-state index contributed by atoms with van der Waals surface area (Å²) in [5, 5.41) is 6.49. The van der Waals surface area contributed by atoms with Gasteiger partial charge in [-0.1, -0.05) is 12.1 Å². The first kappa shape index (κ1) is 12.4. The van der Waals surface area contributed by atoms with E-state index in [9.17, 15) is 4.79 Å². The van der Waals surface area contributed by atoms with E-state index in [2.05, 4.69) is 5.32 Å². The van der Waals surface area contributed by atoms with Gasteiger partial charge in [0.05, 0.1) is 17.9 Å². The Morgan fingerprint density at radius 2 is 2.17 bits per heavy atom. The molecule has 2 rings (SSSR count). The van der Waals surface area contributed by atoms with Gasteiger partial charge in [0.1, 0.15) is 0 Å². The van der Waals surface area contributed by atoms with Crippen LogP contribution in [0.25, 0.3) is 0 Å². The standard InChI is InChI=1S/C13H14N2O2S/c1-2-17-12-8-18-7-11(12)15-13(16)9-5-3-4-6-10(9)14/h3-8H,2,14H2,1H3,(H,15,16). The van der Waals surface area contributed by atoms with E-state index in [1.807, 2.05) is 17.7 Å². The molecule has 1 amide bonds. The molecule has 1 aromatic carbocycles. The molecule has 0 spiro atoms. The van der Waals surface area contributed by atoms with Gasteiger partial charge in [0.25, 0.3) is 5.91 Å². The summed E-state index contributed by atoms with van der Waals surface area (Å²) in [6, 6.07) is 6.97. The number of nitrogens with two attached hydrogens (primary N) is 1. The van der Waals surface area contributed by atoms with Gasteiger partial charge in [-0.3, -0.25) is 4.79 Å². The van der Waals surface area contributed by atoms with Crippen molar-refractivity contribution < 1.29 is 9.53 Å². The van der Waals surface area contributed by atoms with Gasteiger partial charge in [-0.25, -0.2) is 0 Å². The van der Waals surface area contributed by atoms with E-state index in [0.29, 0.717) is 29.3 Å². The number of carbonyl (C=O) groups excluding carboxylic acids is 1. The maximum Gasteiger partial charge on any atom is 0.257 e. The number of benzene rings is 1. The Balaban J connectivity index is 2.17. The molecule has 18 heavy (non-hydrogen) atoms. The minimum Gasteiger partial charge on any atom is -0.491 e. The summed E-state index contributed by atoms with van der Waals surface area (Å²) < 4.78 is 5.41. The third kappa shape index (κ3) is 2.62. The Morgan fingerprint density at radius 1 is 1.39 bits per heavy atom. The Hall–Kier alpha value is -2.01. The van der Waals surface area contributed by atoms with Crippen molar-refractivity contribution in [3.05, 3.63) is 40.6 Å². The van der Waals surface area contributed by atoms with Gasteiger partial charge >= 0.3 is 0 Å². The molecule has 0 fully saturated rings. The van der Waals surface area contributed by atoms with Crippen LogP contribution in [-0.4, -0.2) is 12.5 Å². The third-order valence-electron chi connectivity index (χ3n) is 2.38. The van der Waals surface area contributed by atoms with E-state index in [4.69, 9.17) is 10.5 Å². The fourth-order valence-electron chi connectivity index (χ4n) is 1.54. The minimum absolute atomic E-state index is 0.229. The fourth-order valence-corrected chi connectivity index (χ4v) is 2.24. The van der Waals surface area contributed by atoms with Crippen molar-refractivity contribution >= 4 is 28.6 Å². The first-order valence-electron chi connectivity index (χ1n) is 5.57. The van der Waals surface area contributed by atoms with Gasteiger partial charge < -0.3 is 15.8 Å². The normalized spacial score (nSPS) is 10.1. The zero-order chi connectivity index (χ0) is 13.0. The van der Waals surface area contributed by atoms with Crippen molar-refractivity contribution in [3.63, 3.8) is 0 Å². The van der Waals surface area contributed by atoms with E-state index in [-0.39, 0.29) is 5.91 Å². The number of nitrogen functional groups attached to an aromatic ring is 1. The Bertz CT molecular complexity index is 551. The largest absolute Gasteiger partial charge is 0.491 e. The maximum absolute atomic E-state index is 12.0. The monoisotopic (exact) mass is 262 g/mol. The highest BCUT2D eigenvalue weighted by Gasteiger charge is 2.12. The molecule has 3 N–H and O–H groups in total. The topological polar surface area (TPSA) is 64.3 Å². The maximum atomic E-state index is 12.0. The summed E-state index contributed by atoms with van der Waals surface area (Å²) in [4.78, 5) is 12.0. The van der Waals surface area contributed by atoms with Crippen LogP contribution in [0.1, 0.15) is 17.3 Å². The Kier molecular flexibility index (Phi) is 3.84. The van der Waals surface area contributed by atoms with E-state index < -0.39 is 0 Å². The van der Waals surface area contributed by atoms with Crippen LogP contribution in [0.4, 0.5) is 11.4 Å². The number of hydrogen-bond donors (Lipinski definition) is 2. The molecule has 1 heterocycles. The van der Waals surface area contributed by atoms with Crippen molar-refractivity contribution in [1.82, 2.24) is 0 Å². The molecule has 0 aliphatic carbocycles. The van der Waals surface area contributed by atoms with Crippen LogP contribution in [-0.2, 0) is 0 Å². The number of nitrogens with one attached hydrogen (secondary N) is 1. The summed E-state index contributed by atoms with van der Waals surface area (Å²) in [7, 11) is 0. The first-order valence-corrected chi connectivity index (χ1v) is 6.51. The highest BCUT2D eigenvalue weighted by atomic mass is 32.1. The summed E-state index contributed by atoms with van der Waals surface area (Å²) in [6.07, 6.45) is 0. The Morgan fingerprint density at radius 3 is 2.89 bits per heavy atom. The number of amides is 1. The molecule has 0 saturated heterocycles. The lowest BCUT2D eigenvalue weighted by Crippen LogP contribution is -2.14. The zero-order valence-electron chi connectivity index (χ0n) is 9.97. The van der Waals surface area contributed by atoms with Crippen LogP contribution in [0.15, 0.2) is 35.0 Å². The summed E-state index contributed by atoms with van der Waals surface area (Å²) in [5.41, 5.74) is 7.36. The van der Waals surface area contributed by atoms with Crippen LogP contribution in [0, 0.1) is 0 Å². The number of hydrogen-bond acceptors (Lipinski definition) is 4. The third-order valence-corrected chi connectivity index (χ3v) is 3.10. The highest BCUT2D eigenvalue weighted by Crippen LogP contribution is 2.29. The van der Waals surface area contributed by atoms with Gasteiger partial charge in [0.2, 0.25) is 0 Å². The molecule has 0 saturated carbocycles. The summed E-state index contributed by atoms with van der Waals surface area (Å²) in [6.45, 7) is 2.46. The molecule has 0 atom stereocenters. The lowest BCUT2D eigenvalue weighted by atomic mass is 10.1. The van der Waals surface area contributed by atoms with Gasteiger partial charge in [-0.15, -0.1) is 11.3 Å². The number of para-hydroxylation sites is 1. The molecule has 0 aliphatic rings. The van der Waals surface area contributed by atoms with Crippen LogP contribution in [0.2, 0.25) is 0 Å². The second-order valence-electron chi connectivity index (χ2n) is 3.62. The number of ether oxygens (including phenoxy) is 1. The molecule has 0 radical (unpaired) electrons. The quantitative estimate of drug-likeness (QED) is 0.832. The molecular weight excluding hydrogens is 248 g/mol. The SMILES string of the molecule is CCOc1cscc1NC(=O)c1ccccc1N. The lowest BCUT2D eigenvalue weighted by Gasteiger charge is -2.08. The van der Waals surface area contributed by atoms with Crippen molar-refractivity contribution in [2.75, 3.05) is 17.7 Å². The molecule has 1 aromatic heterocycles. The van der Waals surface area contributed by atoms with Crippen LogP contribution >= 0.6 is 11.3 Å². The molecule has 5 heteroatoms. The molecule has 94 valence electrons. The predicted octanol–water partition coefficient (Wildman–Crippen LogP) is 2.98. The molecule has 4 nitrogen and oxygen atoms in total. The van der Waals surface area contributed by atoms with Gasteiger partial charge in [-0.2, -0.15) is 0 Å². The molecule has 2 aromatic rings. The van der Waals surface area contributed by atoms with E-state index >= 15 is 0 Å². The van der Waals surface area contributed by atoms with Crippen molar-refractivity contribution in [2.45, 2.75) is 6.92 Å². The van der Waals surface area contributed by atoms with Crippen LogP contribution < -0.4 is 15.8 Å². The van der Waals surface area contributed by atoms with Gasteiger partial charge in [0, 0.05) is 16.4 Å². The zero-order valence-corrected chi connectivity index (χ0v) is 10.8. The number of thiophene rings is 1. The van der Waals surface area contributed by atoms with Gasteiger partial charge in [-0.05, 0) is 19.1 Å². The molecule has 0 aliphatic heterocycles. The average Bonchev–Trinajstić information content (AvgIpc) is 2.78. The minimum atomic E-state index is -0.229. The molecule has 0 bridgehead atoms. The number of carbonyl (C=O) groups is 1. The van der Waals surface area contributed by atoms with Gasteiger partial charge in [0.15, 0.2) is 5.75 Å². The van der Waals surface area contributed by atoms with Crippen LogP contribution in [0.3, 0.4) is 0 Å². The fraction of sp³-hybridized carbons (Fsp3) is 0.154. The van der Waals surface area contributed by atoms with E-state index in [0.717, 1.165) is 0 Å². The smallest absolute Gasteiger partial charge is 0.257 e. The predicted molar refractivity (Wildman–Crippen MR) is 74.3 cm³/mol. The highest BCUT2D eigenvalue weighted by molar-refractivity contribution is 7.08. The first-order chi connectivity index (χ1) is 8.72. The Labute approximate surface area is 109 Å². The van der Waals surface area contributed by atoms with Crippen molar-refractivity contribution in [2.24, 2.45) is 0 Å². The van der Waals surface area contributed by atoms with Crippen molar-refractivity contribution in [3.8, 4) is 5.75 Å². The lowest BCUT2D eigenvalue weighted by molar-refractivity contribution is 0.102. The molecular formula is C13H14N2O2S. The van der Waals surface area contributed by atoms with E-state index in [1.165, 1.54) is 11.3 Å². The van der Waals surface area contributed by atoms with E-state index in [1.54, 1.807) is 24.3 Å². The molecule has 0 unspecified atom stereocenters. The summed E-state index contributed by atoms with van der Waals surface area (Å²) in [5.74, 6) is 0.456.